The van der Waals surface area contributed by atoms with E-state index in [-0.39, 0.29) is 0 Å². The van der Waals surface area contributed by atoms with Crippen molar-refractivity contribution < 1.29 is 28.1 Å². The maximum atomic E-state index is 5.65. The number of unbranched alkanes of at least 4 members (excludes halogenated alkanes) is 1. The topological polar surface area (TPSA) is 67.7 Å². The van der Waals surface area contributed by atoms with Gasteiger partial charge in [0.1, 0.15) is 50.6 Å². The molecule has 4 fully saturated rings. The number of hydrogen-bond acceptors (Lipinski definition) is 4. The molecule has 0 bridgehead atoms. The summed E-state index contributed by atoms with van der Waals surface area (Å²) in [6, 6.07) is 17.6. The van der Waals surface area contributed by atoms with Gasteiger partial charge in [-0.1, -0.05) is 24.3 Å². The molecule has 4 aliphatic heterocycles. The molecule has 0 unspecified atom stereocenters. The van der Waals surface area contributed by atoms with E-state index in [9.17, 15) is 0 Å². The lowest BCUT2D eigenvalue weighted by Crippen LogP contribution is -2.41. The number of imidazole rings is 2. The van der Waals surface area contributed by atoms with E-state index in [4.69, 9.17) is 18.9 Å². The fourth-order valence-corrected chi connectivity index (χ4v) is 6.12. The van der Waals surface area contributed by atoms with Crippen molar-refractivity contribution in [1.29, 1.82) is 0 Å². The van der Waals surface area contributed by atoms with Gasteiger partial charge in [0.15, 0.2) is 22.1 Å². The monoisotopic (exact) mass is 516 g/mol. The highest BCUT2D eigenvalue weighted by Gasteiger charge is 2.36. The van der Waals surface area contributed by atoms with Crippen LogP contribution in [0.3, 0.4) is 0 Å². The van der Waals surface area contributed by atoms with Crippen LogP contribution in [0.4, 0.5) is 0 Å². The predicted molar refractivity (Wildman–Crippen MR) is 140 cm³/mol. The molecule has 38 heavy (non-hydrogen) atoms. The Morgan fingerprint density at radius 1 is 0.579 bits per heavy atom. The maximum absolute atomic E-state index is 5.65. The van der Waals surface area contributed by atoms with Crippen molar-refractivity contribution in [2.45, 2.75) is 76.3 Å². The molecule has 8 rings (SSSR count). The molecule has 0 aliphatic carbocycles. The number of aromatic nitrogens is 4. The zero-order chi connectivity index (χ0) is 25.1. The van der Waals surface area contributed by atoms with E-state index in [2.05, 4.69) is 66.8 Å². The van der Waals surface area contributed by atoms with E-state index in [0.717, 1.165) is 78.3 Å². The van der Waals surface area contributed by atoms with Crippen LogP contribution in [-0.2, 0) is 58.0 Å². The van der Waals surface area contributed by atoms with Gasteiger partial charge in [-0.2, -0.15) is 0 Å². The van der Waals surface area contributed by atoms with Crippen LogP contribution in [0.2, 0.25) is 0 Å². The Morgan fingerprint density at radius 2 is 0.974 bits per heavy atom. The lowest BCUT2D eigenvalue weighted by molar-refractivity contribution is -0.681. The molecule has 0 spiro atoms. The van der Waals surface area contributed by atoms with Crippen LogP contribution >= 0.6 is 0 Å². The number of rotatable bonds is 13. The van der Waals surface area contributed by atoms with Crippen LogP contribution < -0.4 is 9.13 Å². The number of benzene rings is 2. The summed E-state index contributed by atoms with van der Waals surface area (Å²) in [6.07, 6.45) is 5.75. The normalized spacial score (nSPS) is 25.4. The van der Waals surface area contributed by atoms with Crippen LogP contribution in [0.15, 0.2) is 48.5 Å². The number of fused-ring (bicyclic) bond motifs is 2. The van der Waals surface area contributed by atoms with Gasteiger partial charge in [0.2, 0.25) is 0 Å². The first-order valence-corrected chi connectivity index (χ1v) is 14.3. The van der Waals surface area contributed by atoms with Gasteiger partial charge in [0.05, 0.1) is 26.4 Å². The van der Waals surface area contributed by atoms with Gasteiger partial charge in [0, 0.05) is 12.8 Å². The third-order valence-corrected chi connectivity index (χ3v) is 8.38. The van der Waals surface area contributed by atoms with Crippen LogP contribution in [-0.4, -0.2) is 60.0 Å². The molecule has 0 radical (unpaired) electrons. The maximum Gasteiger partial charge on any atom is 0.257 e. The fraction of sp³-hybridized carbons (Fsp3) is 0.533. The third kappa shape index (κ3) is 4.64. The first-order chi connectivity index (χ1) is 18.8. The van der Waals surface area contributed by atoms with Crippen molar-refractivity contribution >= 4 is 22.1 Å². The van der Waals surface area contributed by atoms with Crippen molar-refractivity contribution in [2.75, 3.05) is 26.4 Å². The summed E-state index contributed by atoms with van der Waals surface area (Å²) in [5, 5.41) is 0. The van der Waals surface area contributed by atoms with Gasteiger partial charge in [-0.15, -0.1) is 0 Å². The number of epoxide rings is 4. The second-order valence-electron chi connectivity index (χ2n) is 11.3. The number of nitrogens with zero attached hydrogens (tertiary/aromatic N) is 4. The Morgan fingerprint density at radius 3 is 1.37 bits per heavy atom. The minimum atomic E-state index is 0.346. The second-order valence-corrected chi connectivity index (χ2v) is 11.3. The summed E-state index contributed by atoms with van der Waals surface area (Å²) >= 11 is 0. The Hall–Kier alpha value is -2.78. The standard InChI is InChI=1S/C30H36N4O4/c1-2-8-26-25(7-1)31(13-21-17-35-21)29(32(26)14-22-18-36-22)11-5-6-12-30-33(15-23-19-37-23)27-9-3-4-10-28(27)34(30)16-24-20-38-24/h1-4,7-10,21-24H,5-6,11-20H2/q+2/t21-,22-,23+,24+. The van der Waals surface area contributed by atoms with E-state index >= 15 is 0 Å². The molecule has 0 amide bonds. The van der Waals surface area contributed by atoms with Crippen LogP contribution in [0, 0.1) is 0 Å². The van der Waals surface area contributed by atoms with Gasteiger partial charge in [-0.3, -0.25) is 0 Å². The van der Waals surface area contributed by atoms with Crippen LogP contribution in [0.5, 0.6) is 0 Å². The summed E-state index contributed by atoms with van der Waals surface area (Å²) < 4.78 is 32.7. The Labute approximate surface area is 222 Å². The lowest BCUT2D eigenvalue weighted by atomic mass is 10.1. The molecule has 4 aliphatic rings. The Kier molecular flexibility index (Phi) is 5.75. The molecule has 2 aromatic heterocycles. The molecule has 198 valence electrons. The molecule has 8 heteroatoms. The average molecular weight is 517 g/mol. The number of ether oxygens (including phenoxy) is 4. The van der Waals surface area contributed by atoms with Crippen LogP contribution in [0.25, 0.3) is 22.1 Å². The predicted octanol–water partition coefficient (Wildman–Crippen LogP) is 2.33. The van der Waals surface area contributed by atoms with E-state index < -0.39 is 0 Å². The zero-order valence-corrected chi connectivity index (χ0v) is 21.8. The molecule has 4 atom stereocenters. The summed E-state index contributed by atoms with van der Waals surface area (Å²) in [5.74, 6) is 2.81. The quantitative estimate of drug-likeness (QED) is 0.155. The van der Waals surface area contributed by atoms with E-state index in [1.807, 2.05) is 0 Å². The average Bonchev–Trinajstić information content (AvgIpc) is 3.75. The van der Waals surface area contributed by atoms with Crippen molar-refractivity contribution in [3.05, 3.63) is 60.2 Å². The SMILES string of the molecule is c1ccc2c(c1)n(C[C@H]1CO1)c(CCCCc1n(C[C@@H]3CO3)c3ccccc3[n+]1C[C@@H]1CO1)[n+]2C[C@H]1CO1. The Balaban J connectivity index is 1.07. The third-order valence-electron chi connectivity index (χ3n) is 8.38. The van der Waals surface area contributed by atoms with E-state index in [0.29, 0.717) is 24.4 Å². The Bertz CT molecular complexity index is 1260. The minimum absolute atomic E-state index is 0.346. The summed E-state index contributed by atoms with van der Waals surface area (Å²) in [5.41, 5.74) is 5.24. The second kappa shape index (κ2) is 9.45. The molecular formula is C30H36N4O4+2. The highest BCUT2D eigenvalue weighted by atomic mass is 16.6. The summed E-state index contributed by atoms with van der Waals surface area (Å²) in [7, 11) is 0. The highest BCUT2D eigenvalue weighted by molar-refractivity contribution is 5.73. The van der Waals surface area contributed by atoms with Crippen molar-refractivity contribution in [3.8, 4) is 0 Å². The largest absolute Gasteiger partial charge is 0.369 e. The first-order valence-electron chi connectivity index (χ1n) is 14.3. The first kappa shape index (κ1) is 23.1. The zero-order valence-electron chi connectivity index (χ0n) is 21.8. The molecule has 4 saturated heterocycles. The van der Waals surface area contributed by atoms with Gasteiger partial charge >= 0.3 is 0 Å². The van der Waals surface area contributed by atoms with Crippen molar-refractivity contribution in [1.82, 2.24) is 9.13 Å². The smallest absolute Gasteiger partial charge is 0.257 e. The van der Waals surface area contributed by atoms with Crippen molar-refractivity contribution in [3.63, 3.8) is 0 Å². The van der Waals surface area contributed by atoms with Gasteiger partial charge in [0.25, 0.3) is 11.6 Å². The minimum Gasteiger partial charge on any atom is -0.369 e. The molecule has 4 aromatic rings. The highest BCUT2D eigenvalue weighted by Crippen LogP contribution is 2.24. The lowest BCUT2D eigenvalue weighted by Gasteiger charge is -2.06. The van der Waals surface area contributed by atoms with E-state index in [1.54, 1.807) is 0 Å². The van der Waals surface area contributed by atoms with Gasteiger partial charge in [-0.05, 0) is 37.1 Å². The molecule has 0 saturated carbocycles. The van der Waals surface area contributed by atoms with E-state index in [1.165, 1.54) is 33.7 Å². The number of para-hydroxylation sites is 4. The fourth-order valence-electron chi connectivity index (χ4n) is 6.12. The van der Waals surface area contributed by atoms with Gasteiger partial charge in [-0.25, -0.2) is 18.3 Å². The van der Waals surface area contributed by atoms with Crippen molar-refractivity contribution in [2.24, 2.45) is 0 Å². The molecule has 8 nitrogen and oxygen atoms in total. The molecule has 6 heterocycles. The van der Waals surface area contributed by atoms with Crippen LogP contribution in [0.1, 0.15) is 24.5 Å². The number of hydrogen-bond donors (Lipinski definition) is 0. The summed E-state index contributed by atoms with van der Waals surface area (Å²) in [4.78, 5) is 0. The summed E-state index contributed by atoms with van der Waals surface area (Å²) in [6.45, 7) is 7.23. The molecular weight excluding hydrogens is 480 g/mol. The van der Waals surface area contributed by atoms with Gasteiger partial charge < -0.3 is 18.9 Å². The molecule has 0 N–H and O–H groups in total. The molecule has 2 aromatic carbocycles.